The molecule has 1 aliphatic rings. The fourth-order valence-electron chi connectivity index (χ4n) is 3.95. The highest BCUT2D eigenvalue weighted by Crippen LogP contribution is 2.28. The van der Waals surface area contributed by atoms with Gasteiger partial charge in [0, 0.05) is 17.7 Å². The molecule has 3 aromatic carbocycles. The second-order valence-corrected chi connectivity index (χ2v) is 9.85. The van der Waals surface area contributed by atoms with Crippen LogP contribution in [0.25, 0.3) is 0 Å². The quantitative estimate of drug-likeness (QED) is 0.553. The molecule has 1 saturated heterocycles. The highest BCUT2D eigenvalue weighted by molar-refractivity contribution is 7.89. The predicted octanol–water partition coefficient (Wildman–Crippen LogP) is 4.16. The van der Waals surface area contributed by atoms with Crippen molar-refractivity contribution in [3.8, 4) is 0 Å². The maximum Gasteiger partial charge on any atom is 0.243 e. The first-order valence-electron chi connectivity index (χ1n) is 10.6. The number of carbonyl (C=O) groups is 2. The molecule has 6 nitrogen and oxygen atoms in total. The summed E-state index contributed by atoms with van der Waals surface area (Å²) in [5.74, 6) is -1.29. The molecule has 1 aliphatic heterocycles. The highest BCUT2D eigenvalue weighted by atomic mass is 32.2. The number of nitrogens with one attached hydrogen (secondary N) is 1. The standard InChI is InChI=1S/C25H23FN2O4S/c1-17-9-14-22(21(16-17)24(29)18-6-3-2-4-7-18)27-25(30)23-8-5-15-28(23)33(31,32)20-12-10-19(26)11-13-20/h2-4,6-7,9-14,16,23H,5,8,15H2,1H3,(H,27,30). The van der Waals surface area contributed by atoms with Crippen LogP contribution < -0.4 is 5.32 Å². The normalized spacial score (nSPS) is 16.5. The van der Waals surface area contributed by atoms with Gasteiger partial charge in [-0.2, -0.15) is 4.31 Å². The number of anilines is 1. The van der Waals surface area contributed by atoms with Crippen LogP contribution in [-0.2, 0) is 14.8 Å². The van der Waals surface area contributed by atoms with E-state index in [1.165, 1.54) is 12.1 Å². The van der Waals surface area contributed by atoms with Crippen LogP contribution in [0.15, 0.2) is 77.7 Å². The number of nitrogens with zero attached hydrogens (tertiary/aromatic N) is 1. The van der Waals surface area contributed by atoms with E-state index in [0.29, 0.717) is 29.7 Å². The predicted molar refractivity (Wildman–Crippen MR) is 123 cm³/mol. The van der Waals surface area contributed by atoms with E-state index in [1.54, 1.807) is 42.5 Å². The molecular formula is C25H23FN2O4S. The van der Waals surface area contributed by atoms with E-state index in [4.69, 9.17) is 0 Å². The van der Waals surface area contributed by atoms with Gasteiger partial charge in [-0.25, -0.2) is 12.8 Å². The number of rotatable bonds is 6. The fraction of sp³-hybridized carbons (Fsp3) is 0.200. The second kappa shape index (κ2) is 9.25. The molecule has 1 unspecified atom stereocenters. The average Bonchev–Trinajstić information content (AvgIpc) is 3.32. The molecule has 3 aromatic rings. The van der Waals surface area contributed by atoms with Gasteiger partial charge in [0.05, 0.1) is 10.6 Å². The molecular weight excluding hydrogens is 443 g/mol. The minimum absolute atomic E-state index is 0.0705. The Labute approximate surface area is 192 Å². The van der Waals surface area contributed by atoms with Crippen molar-refractivity contribution in [2.24, 2.45) is 0 Å². The highest BCUT2D eigenvalue weighted by Gasteiger charge is 2.39. The molecule has 1 heterocycles. The van der Waals surface area contributed by atoms with E-state index in [9.17, 15) is 22.4 Å². The van der Waals surface area contributed by atoms with Crippen LogP contribution in [0, 0.1) is 12.7 Å². The first-order valence-corrected chi connectivity index (χ1v) is 12.0. The minimum Gasteiger partial charge on any atom is -0.324 e. The van der Waals surface area contributed by atoms with Crippen molar-refractivity contribution < 1.29 is 22.4 Å². The molecule has 4 rings (SSSR count). The molecule has 33 heavy (non-hydrogen) atoms. The topological polar surface area (TPSA) is 83.6 Å². The molecule has 170 valence electrons. The Bertz CT molecular complexity index is 1290. The lowest BCUT2D eigenvalue weighted by Crippen LogP contribution is -2.43. The molecule has 8 heteroatoms. The van der Waals surface area contributed by atoms with Gasteiger partial charge in [0.2, 0.25) is 15.9 Å². The summed E-state index contributed by atoms with van der Waals surface area (Å²) in [6.45, 7) is 2.03. The maximum atomic E-state index is 13.3. The second-order valence-electron chi connectivity index (χ2n) is 7.96. The van der Waals surface area contributed by atoms with Crippen LogP contribution in [-0.4, -0.2) is 37.0 Å². The summed E-state index contributed by atoms with van der Waals surface area (Å²) in [6.07, 6.45) is 0.863. The molecule has 0 aliphatic carbocycles. The van der Waals surface area contributed by atoms with E-state index >= 15 is 0 Å². The van der Waals surface area contributed by atoms with Gasteiger partial charge < -0.3 is 5.32 Å². The summed E-state index contributed by atoms with van der Waals surface area (Å²) >= 11 is 0. The molecule has 0 bridgehead atoms. The maximum absolute atomic E-state index is 13.3. The van der Waals surface area contributed by atoms with Crippen LogP contribution in [0.1, 0.15) is 34.3 Å². The van der Waals surface area contributed by atoms with Crippen LogP contribution >= 0.6 is 0 Å². The number of sulfonamides is 1. The SMILES string of the molecule is Cc1ccc(NC(=O)C2CCCN2S(=O)(=O)c2ccc(F)cc2)c(C(=O)c2ccccc2)c1. The van der Waals surface area contributed by atoms with Gasteiger partial charge >= 0.3 is 0 Å². The first kappa shape index (κ1) is 22.8. The Balaban J connectivity index is 1.61. The Morgan fingerprint density at radius 1 is 1.00 bits per heavy atom. The Hall–Kier alpha value is -3.36. The van der Waals surface area contributed by atoms with E-state index in [2.05, 4.69) is 5.32 Å². The van der Waals surface area contributed by atoms with Crippen molar-refractivity contribution >= 4 is 27.4 Å². The summed E-state index contributed by atoms with van der Waals surface area (Å²) in [6, 6.07) is 17.5. The number of halogens is 1. The third-order valence-corrected chi connectivity index (χ3v) is 7.56. The number of aryl methyl sites for hydroxylation is 1. The zero-order valence-corrected chi connectivity index (χ0v) is 18.8. The van der Waals surface area contributed by atoms with E-state index in [1.807, 2.05) is 13.0 Å². The number of hydrogen-bond acceptors (Lipinski definition) is 4. The van der Waals surface area contributed by atoms with Crippen molar-refractivity contribution in [1.82, 2.24) is 4.31 Å². The number of benzene rings is 3. The lowest BCUT2D eigenvalue weighted by molar-refractivity contribution is -0.119. The summed E-state index contributed by atoms with van der Waals surface area (Å²) in [7, 11) is -3.98. The molecule has 0 spiro atoms. The van der Waals surface area contributed by atoms with Crippen molar-refractivity contribution in [2.75, 3.05) is 11.9 Å². The smallest absolute Gasteiger partial charge is 0.243 e. The molecule has 1 amide bonds. The lowest BCUT2D eigenvalue weighted by Gasteiger charge is -2.24. The van der Waals surface area contributed by atoms with Crippen molar-refractivity contribution in [2.45, 2.75) is 30.7 Å². The van der Waals surface area contributed by atoms with E-state index in [0.717, 1.165) is 22.0 Å². The van der Waals surface area contributed by atoms with Gasteiger partial charge in [0.25, 0.3) is 0 Å². The number of ketones is 1. The fourth-order valence-corrected chi connectivity index (χ4v) is 5.60. The third kappa shape index (κ3) is 4.72. The molecule has 1 atom stereocenters. The molecule has 0 radical (unpaired) electrons. The number of hydrogen-bond donors (Lipinski definition) is 1. The van der Waals surface area contributed by atoms with Crippen molar-refractivity contribution in [1.29, 1.82) is 0 Å². The summed E-state index contributed by atoms with van der Waals surface area (Å²) in [5, 5.41) is 2.77. The largest absolute Gasteiger partial charge is 0.324 e. The zero-order chi connectivity index (χ0) is 23.6. The van der Waals surface area contributed by atoms with Gasteiger partial charge in [0.1, 0.15) is 11.9 Å². The van der Waals surface area contributed by atoms with Gasteiger partial charge in [-0.1, -0.05) is 42.0 Å². The summed E-state index contributed by atoms with van der Waals surface area (Å²) in [5.41, 5.74) is 2.00. The monoisotopic (exact) mass is 466 g/mol. The minimum atomic E-state index is -3.98. The number of amides is 1. The molecule has 0 aromatic heterocycles. The summed E-state index contributed by atoms with van der Waals surface area (Å²) in [4.78, 5) is 26.2. The van der Waals surface area contributed by atoms with Gasteiger partial charge in [0.15, 0.2) is 5.78 Å². The van der Waals surface area contributed by atoms with Gasteiger partial charge in [-0.05, 0) is 56.2 Å². The van der Waals surface area contributed by atoms with Crippen LogP contribution in [0.4, 0.5) is 10.1 Å². The van der Waals surface area contributed by atoms with Crippen LogP contribution in [0.5, 0.6) is 0 Å². The molecule has 0 saturated carbocycles. The van der Waals surface area contributed by atoms with Crippen LogP contribution in [0.2, 0.25) is 0 Å². The zero-order valence-electron chi connectivity index (χ0n) is 18.0. The Kier molecular flexibility index (Phi) is 6.40. The Morgan fingerprint density at radius 2 is 1.70 bits per heavy atom. The van der Waals surface area contributed by atoms with E-state index < -0.39 is 27.8 Å². The van der Waals surface area contributed by atoms with Crippen LogP contribution in [0.3, 0.4) is 0 Å². The molecule has 1 fully saturated rings. The van der Waals surface area contributed by atoms with Crippen molar-refractivity contribution in [3.63, 3.8) is 0 Å². The summed E-state index contributed by atoms with van der Waals surface area (Å²) < 4.78 is 40.6. The van der Waals surface area contributed by atoms with Gasteiger partial charge in [-0.15, -0.1) is 0 Å². The third-order valence-electron chi connectivity index (χ3n) is 5.64. The van der Waals surface area contributed by atoms with Gasteiger partial charge in [-0.3, -0.25) is 9.59 Å². The number of carbonyl (C=O) groups excluding carboxylic acids is 2. The Morgan fingerprint density at radius 3 is 2.39 bits per heavy atom. The lowest BCUT2D eigenvalue weighted by atomic mass is 9.99. The van der Waals surface area contributed by atoms with Crippen molar-refractivity contribution in [3.05, 3.63) is 95.3 Å². The first-order chi connectivity index (χ1) is 15.8. The van der Waals surface area contributed by atoms with E-state index in [-0.39, 0.29) is 17.2 Å². The average molecular weight is 467 g/mol. The molecule has 1 N–H and O–H groups in total.